The average Bonchev–Trinajstić information content (AvgIpc) is 2.55. The van der Waals surface area contributed by atoms with E-state index in [2.05, 4.69) is 5.32 Å². The highest BCUT2D eigenvalue weighted by molar-refractivity contribution is 5.05. The van der Waals surface area contributed by atoms with Crippen LogP contribution in [0.25, 0.3) is 0 Å². The molecule has 1 aromatic rings. The van der Waals surface area contributed by atoms with Crippen molar-refractivity contribution in [2.24, 2.45) is 0 Å². The first-order valence-electron chi connectivity index (χ1n) is 4.14. The Bertz CT molecular complexity index is 254. The van der Waals surface area contributed by atoms with Crippen LogP contribution in [0.4, 0.5) is 0 Å². The van der Waals surface area contributed by atoms with Gasteiger partial charge in [-0.2, -0.15) is 0 Å². The molecule has 1 saturated heterocycles. The number of hydrogen-bond acceptors (Lipinski definition) is 3. The summed E-state index contributed by atoms with van der Waals surface area (Å²) in [6.07, 6.45) is 1.74. The lowest BCUT2D eigenvalue weighted by atomic mass is 10.3. The van der Waals surface area contributed by atoms with E-state index in [1.165, 1.54) is 0 Å². The number of ether oxygens (including phenoxy) is 1. The number of nitrogens with one attached hydrogen (secondary N) is 1. The molecule has 1 atom stereocenters. The third kappa shape index (κ3) is 1.38. The second-order valence-electron chi connectivity index (χ2n) is 3.51. The van der Waals surface area contributed by atoms with Crippen LogP contribution in [0.5, 0.6) is 0 Å². The van der Waals surface area contributed by atoms with Crippen LogP contribution in [0.1, 0.15) is 25.7 Å². The number of furan rings is 1. The molecule has 1 unspecified atom stereocenters. The van der Waals surface area contributed by atoms with Crippen LogP contribution >= 0.6 is 0 Å². The molecule has 3 heteroatoms. The van der Waals surface area contributed by atoms with Gasteiger partial charge in [0.2, 0.25) is 0 Å². The molecule has 0 aliphatic carbocycles. The normalized spacial score (nSPS) is 27.7. The molecule has 12 heavy (non-hydrogen) atoms. The summed E-state index contributed by atoms with van der Waals surface area (Å²) in [5.41, 5.74) is -0.225. The minimum atomic E-state index is -0.225. The minimum Gasteiger partial charge on any atom is -0.467 e. The Labute approximate surface area is 71.7 Å². The van der Waals surface area contributed by atoms with Gasteiger partial charge in [-0.25, -0.2) is 0 Å². The van der Waals surface area contributed by atoms with E-state index in [1.807, 2.05) is 26.0 Å². The highest BCUT2D eigenvalue weighted by atomic mass is 16.5. The zero-order valence-corrected chi connectivity index (χ0v) is 7.33. The monoisotopic (exact) mass is 167 g/mol. The smallest absolute Gasteiger partial charge is 0.133 e. The van der Waals surface area contributed by atoms with Gasteiger partial charge in [-0.15, -0.1) is 0 Å². The summed E-state index contributed by atoms with van der Waals surface area (Å²) in [5.74, 6) is 0.896. The van der Waals surface area contributed by atoms with Crippen molar-refractivity contribution in [3.05, 3.63) is 24.2 Å². The number of hydrogen-bond donors (Lipinski definition) is 1. The first-order chi connectivity index (χ1) is 5.67. The summed E-state index contributed by atoms with van der Waals surface area (Å²) in [6.45, 7) is 4.84. The number of rotatable bonds is 1. The van der Waals surface area contributed by atoms with Gasteiger partial charge >= 0.3 is 0 Å². The Balaban J connectivity index is 2.10. The van der Waals surface area contributed by atoms with E-state index in [4.69, 9.17) is 9.15 Å². The van der Waals surface area contributed by atoms with Crippen molar-refractivity contribution in [2.75, 3.05) is 6.54 Å². The van der Waals surface area contributed by atoms with E-state index >= 15 is 0 Å². The second kappa shape index (κ2) is 2.61. The average molecular weight is 167 g/mol. The lowest BCUT2D eigenvalue weighted by Crippen LogP contribution is -2.33. The van der Waals surface area contributed by atoms with Crippen molar-refractivity contribution in [1.29, 1.82) is 0 Å². The SMILES string of the molecule is CC1(C)NCC(c2ccco2)O1. The molecular formula is C9H13NO2. The Morgan fingerprint density at radius 3 is 2.92 bits per heavy atom. The standard InChI is InChI=1S/C9H13NO2/c1-9(2)10-6-8(12-9)7-4-3-5-11-7/h3-5,8,10H,6H2,1-2H3. The maximum Gasteiger partial charge on any atom is 0.133 e. The lowest BCUT2D eigenvalue weighted by molar-refractivity contribution is -0.0317. The molecule has 66 valence electrons. The second-order valence-corrected chi connectivity index (χ2v) is 3.51. The van der Waals surface area contributed by atoms with Gasteiger partial charge in [0.15, 0.2) is 0 Å². The first kappa shape index (κ1) is 7.83. The summed E-state index contributed by atoms with van der Waals surface area (Å²) in [6, 6.07) is 3.82. The topological polar surface area (TPSA) is 34.4 Å². The predicted octanol–water partition coefficient (Wildman–Crippen LogP) is 1.68. The molecule has 0 saturated carbocycles. The van der Waals surface area contributed by atoms with Crippen LogP contribution in [0, 0.1) is 0 Å². The molecule has 0 amide bonds. The predicted molar refractivity (Wildman–Crippen MR) is 44.6 cm³/mol. The van der Waals surface area contributed by atoms with Crippen molar-refractivity contribution in [3.8, 4) is 0 Å². The molecule has 3 nitrogen and oxygen atoms in total. The molecule has 0 aromatic carbocycles. The van der Waals surface area contributed by atoms with Crippen molar-refractivity contribution in [3.63, 3.8) is 0 Å². The molecule has 1 aliphatic heterocycles. The molecule has 2 rings (SSSR count). The third-order valence-corrected chi connectivity index (χ3v) is 2.01. The zero-order valence-electron chi connectivity index (χ0n) is 7.33. The summed E-state index contributed by atoms with van der Waals surface area (Å²) < 4.78 is 10.9. The Morgan fingerprint density at radius 1 is 1.58 bits per heavy atom. The van der Waals surface area contributed by atoms with Gasteiger partial charge in [-0.1, -0.05) is 0 Å². The quantitative estimate of drug-likeness (QED) is 0.691. The molecule has 1 aliphatic rings. The molecule has 1 fully saturated rings. The maximum atomic E-state index is 5.69. The summed E-state index contributed by atoms with van der Waals surface area (Å²) in [4.78, 5) is 0. The maximum absolute atomic E-state index is 5.69. The van der Waals surface area contributed by atoms with E-state index in [1.54, 1.807) is 6.26 Å². The largest absolute Gasteiger partial charge is 0.467 e. The van der Waals surface area contributed by atoms with Crippen molar-refractivity contribution in [1.82, 2.24) is 5.32 Å². The third-order valence-electron chi connectivity index (χ3n) is 2.01. The first-order valence-corrected chi connectivity index (χ1v) is 4.14. The summed E-state index contributed by atoms with van der Waals surface area (Å²) in [5, 5.41) is 3.25. The highest BCUT2D eigenvalue weighted by Crippen LogP contribution is 2.27. The lowest BCUT2D eigenvalue weighted by Gasteiger charge is -2.17. The van der Waals surface area contributed by atoms with E-state index in [9.17, 15) is 0 Å². The van der Waals surface area contributed by atoms with Gasteiger partial charge in [0.05, 0.1) is 6.26 Å². The van der Waals surface area contributed by atoms with E-state index in [0.717, 1.165) is 12.3 Å². The van der Waals surface area contributed by atoms with Crippen molar-refractivity contribution >= 4 is 0 Å². The Hall–Kier alpha value is -0.800. The Kier molecular flexibility index (Phi) is 1.70. The summed E-state index contributed by atoms with van der Waals surface area (Å²) in [7, 11) is 0. The molecule has 2 heterocycles. The van der Waals surface area contributed by atoms with Gasteiger partial charge in [-0.3, -0.25) is 5.32 Å². The van der Waals surface area contributed by atoms with Crippen LogP contribution in [0.3, 0.4) is 0 Å². The van der Waals surface area contributed by atoms with Crippen molar-refractivity contribution in [2.45, 2.75) is 25.7 Å². The molecular weight excluding hydrogens is 154 g/mol. The van der Waals surface area contributed by atoms with Crippen LogP contribution in [0.2, 0.25) is 0 Å². The zero-order chi connectivity index (χ0) is 8.60. The fourth-order valence-corrected chi connectivity index (χ4v) is 1.41. The van der Waals surface area contributed by atoms with Gasteiger partial charge in [0.1, 0.15) is 17.6 Å². The molecule has 0 radical (unpaired) electrons. The molecule has 1 N–H and O–H groups in total. The van der Waals surface area contributed by atoms with E-state index in [0.29, 0.717) is 0 Å². The molecule has 1 aromatic heterocycles. The van der Waals surface area contributed by atoms with Crippen LogP contribution < -0.4 is 5.32 Å². The van der Waals surface area contributed by atoms with E-state index in [-0.39, 0.29) is 11.8 Å². The molecule has 0 spiro atoms. The van der Waals surface area contributed by atoms with Crippen LogP contribution in [0.15, 0.2) is 22.8 Å². The van der Waals surface area contributed by atoms with Crippen LogP contribution in [-0.4, -0.2) is 12.3 Å². The molecule has 0 bridgehead atoms. The van der Waals surface area contributed by atoms with Gasteiger partial charge in [-0.05, 0) is 26.0 Å². The fourth-order valence-electron chi connectivity index (χ4n) is 1.41. The van der Waals surface area contributed by atoms with E-state index < -0.39 is 0 Å². The van der Waals surface area contributed by atoms with Crippen molar-refractivity contribution < 1.29 is 9.15 Å². The fraction of sp³-hybridized carbons (Fsp3) is 0.556. The van der Waals surface area contributed by atoms with Crippen LogP contribution in [-0.2, 0) is 4.74 Å². The highest BCUT2D eigenvalue weighted by Gasteiger charge is 2.33. The minimum absolute atomic E-state index is 0.0648. The van der Waals surface area contributed by atoms with Gasteiger partial charge in [0.25, 0.3) is 0 Å². The van der Waals surface area contributed by atoms with Gasteiger partial charge in [0, 0.05) is 6.54 Å². The summed E-state index contributed by atoms with van der Waals surface area (Å²) >= 11 is 0. The van der Waals surface area contributed by atoms with Gasteiger partial charge < -0.3 is 9.15 Å². The Morgan fingerprint density at radius 2 is 2.42 bits per heavy atom.